The lowest BCUT2D eigenvalue weighted by Gasteiger charge is -2.32. The fourth-order valence-corrected chi connectivity index (χ4v) is 4.91. The van der Waals surface area contributed by atoms with E-state index in [1.165, 1.54) is 0 Å². The Balaban J connectivity index is 1.28. The average molecular weight is 500 g/mol. The number of amides is 3. The zero-order valence-electron chi connectivity index (χ0n) is 19.7. The number of halogens is 1. The van der Waals surface area contributed by atoms with E-state index in [0.29, 0.717) is 48.7 Å². The number of nitrogens with zero attached hydrogens (tertiary/aromatic N) is 1. The van der Waals surface area contributed by atoms with E-state index in [-0.39, 0.29) is 30.6 Å². The molecule has 1 heterocycles. The second kappa shape index (κ2) is 11.0. The number of hydrogen-bond acceptors (Lipinski definition) is 4. The van der Waals surface area contributed by atoms with Crippen molar-refractivity contribution in [3.05, 3.63) is 58.1 Å². The van der Waals surface area contributed by atoms with E-state index in [9.17, 15) is 14.4 Å². The molecule has 0 atom stereocenters. The molecule has 35 heavy (non-hydrogen) atoms. The Labute approximate surface area is 209 Å². The molecule has 1 saturated carbocycles. The molecule has 0 unspecified atom stereocenters. The van der Waals surface area contributed by atoms with Gasteiger partial charge in [0.15, 0.2) is 0 Å². The second-order valence-electron chi connectivity index (χ2n) is 9.27. The van der Waals surface area contributed by atoms with Crippen LogP contribution in [0.2, 0.25) is 5.02 Å². The van der Waals surface area contributed by atoms with Crippen molar-refractivity contribution in [3.63, 3.8) is 0 Å². The first-order valence-corrected chi connectivity index (χ1v) is 12.3. The van der Waals surface area contributed by atoms with Crippen molar-refractivity contribution in [1.82, 2.24) is 4.90 Å². The van der Waals surface area contributed by atoms with Crippen molar-refractivity contribution in [2.45, 2.75) is 58.1 Å². The SMILES string of the molecule is Cc1c(Cl)cccc1NC(=O)Nc1ccc2c(c1)CCN(C(=O)OC1CCC(CC(=O)O)CC1)C2. The Bertz CT molecular complexity index is 1110. The number of fused-ring (bicyclic) bond motifs is 1. The Kier molecular flexibility index (Phi) is 7.80. The molecule has 1 fully saturated rings. The van der Waals surface area contributed by atoms with Gasteiger partial charge in [-0.25, -0.2) is 9.59 Å². The third kappa shape index (κ3) is 6.45. The van der Waals surface area contributed by atoms with Gasteiger partial charge in [0.1, 0.15) is 6.10 Å². The molecule has 9 heteroatoms. The highest BCUT2D eigenvalue weighted by Gasteiger charge is 2.28. The topological polar surface area (TPSA) is 108 Å². The standard InChI is InChI=1S/C26H30ClN3O5/c1-16-22(27)3-2-4-23(16)29-25(33)28-20-8-7-19-15-30(12-11-18(19)14-20)26(34)35-21-9-5-17(6-10-21)13-24(31)32/h2-4,7-8,14,17,21H,5-6,9-13,15H2,1H3,(H,31,32)(H2,28,29,33). The summed E-state index contributed by atoms with van der Waals surface area (Å²) in [5, 5.41) is 15.2. The molecule has 0 radical (unpaired) electrons. The van der Waals surface area contributed by atoms with Crippen LogP contribution in [0.4, 0.5) is 21.0 Å². The lowest BCUT2D eigenvalue weighted by molar-refractivity contribution is -0.138. The Morgan fingerprint density at radius 1 is 1.09 bits per heavy atom. The lowest BCUT2D eigenvalue weighted by atomic mass is 9.85. The number of anilines is 2. The zero-order chi connectivity index (χ0) is 24.9. The molecular formula is C26H30ClN3O5. The van der Waals surface area contributed by atoms with Crippen LogP contribution < -0.4 is 10.6 Å². The van der Waals surface area contributed by atoms with Crippen LogP contribution in [0.5, 0.6) is 0 Å². The molecule has 0 aromatic heterocycles. The van der Waals surface area contributed by atoms with E-state index < -0.39 is 5.97 Å². The lowest BCUT2D eigenvalue weighted by Crippen LogP contribution is -2.39. The van der Waals surface area contributed by atoms with Gasteiger partial charge in [0.25, 0.3) is 0 Å². The molecule has 4 rings (SSSR count). The molecule has 3 amide bonds. The number of benzene rings is 2. The highest BCUT2D eigenvalue weighted by Crippen LogP contribution is 2.30. The summed E-state index contributed by atoms with van der Waals surface area (Å²) in [5.41, 5.74) is 4.23. The van der Waals surface area contributed by atoms with Crippen molar-refractivity contribution >= 4 is 41.1 Å². The third-order valence-corrected chi connectivity index (χ3v) is 7.18. The van der Waals surface area contributed by atoms with Gasteiger partial charge < -0.3 is 25.4 Å². The Hall–Kier alpha value is -3.26. The first-order chi connectivity index (χ1) is 16.8. The third-order valence-electron chi connectivity index (χ3n) is 6.78. The predicted octanol–water partition coefficient (Wildman–Crippen LogP) is 5.82. The number of carboxylic acids is 1. The molecule has 0 saturated heterocycles. The van der Waals surface area contributed by atoms with Gasteiger partial charge in [0.05, 0.1) is 0 Å². The summed E-state index contributed by atoms with van der Waals surface area (Å²) in [4.78, 5) is 37.7. The normalized spacial score (nSPS) is 19.4. The maximum atomic E-state index is 12.7. The molecule has 186 valence electrons. The van der Waals surface area contributed by atoms with Gasteiger partial charge in [-0.05, 0) is 85.9 Å². The number of hydrogen-bond donors (Lipinski definition) is 3. The maximum Gasteiger partial charge on any atom is 0.410 e. The minimum Gasteiger partial charge on any atom is -0.481 e. The first-order valence-electron chi connectivity index (χ1n) is 11.9. The van der Waals surface area contributed by atoms with Crippen molar-refractivity contribution in [1.29, 1.82) is 0 Å². The van der Waals surface area contributed by atoms with Crippen LogP contribution >= 0.6 is 11.6 Å². The summed E-state index contributed by atoms with van der Waals surface area (Å²) >= 11 is 6.12. The smallest absolute Gasteiger partial charge is 0.410 e. The summed E-state index contributed by atoms with van der Waals surface area (Å²) in [5.74, 6) is -0.601. The number of carbonyl (C=O) groups is 3. The molecule has 2 aromatic carbocycles. The largest absolute Gasteiger partial charge is 0.481 e. The van der Waals surface area contributed by atoms with Gasteiger partial charge in [0, 0.05) is 35.9 Å². The van der Waals surface area contributed by atoms with Crippen molar-refractivity contribution < 1.29 is 24.2 Å². The summed E-state index contributed by atoms with van der Waals surface area (Å²) in [6.07, 6.45) is 3.33. The van der Waals surface area contributed by atoms with Crippen LogP contribution in [-0.4, -0.2) is 40.7 Å². The number of nitrogens with one attached hydrogen (secondary N) is 2. The molecule has 0 bridgehead atoms. The van der Waals surface area contributed by atoms with E-state index >= 15 is 0 Å². The van der Waals surface area contributed by atoms with E-state index in [4.69, 9.17) is 21.4 Å². The highest BCUT2D eigenvalue weighted by molar-refractivity contribution is 6.31. The average Bonchev–Trinajstić information content (AvgIpc) is 2.82. The molecule has 1 aliphatic carbocycles. The van der Waals surface area contributed by atoms with Gasteiger partial charge >= 0.3 is 18.1 Å². The summed E-state index contributed by atoms with van der Waals surface area (Å²) < 4.78 is 5.71. The van der Waals surface area contributed by atoms with Crippen LogP contribution in [-0.2, 0) is 22.5 Å². The van der Waals surface area contributed by atoms with Crippen LogP contribution in [0.3, 0.4) is 0 Å². The number of ether oxygens (including phenoxy) is 1. The van der Waals surface area contributed by atoms with Crippen molar-refractivity contribution in [2.75, 3.05) is 17.2 Å². The monoisotopic (exact) mass is 499 g/mol. The van der Waals surface area contributed by atoms with Gasteiger partial charge in [-0.1, -0.05) is 23.7 Å². The molecular weight excluding hydrogens is 470 g/mol. The maximum absolute atomic E-state index is 12.7. The van der Waals surface area contributed by atoms with Gasteiger partial charge in [0.2, 0.25) is 0 Å². The second-order valence-corrected chi connectivity index (χ2v) is 9.68. The van der Waals surface area contributed by atoms with Crippen LogP contribution in [0, 0.1) is 12.8 Å². The highest BCUT2D eigenvalue weighted by atomic mass is 35.5. The van der Waals surface area contributed by atoms with Gasteiger partial charge in [-0.2, -0.15) is 0 Å². The molecule has 8 nitrogen and oxygen atoms in total. The fraction of sp³-hybridized carbons (Fsp3) is 0.423. The minimum absolute atomic E-state index is 0.151. The summed E-state index contributed by atoms with van der Waals surface area (Å²) in [6, 6.07) is 10.7. The van der Waals surface area contributed by atoms with Crippen molar-refractivity contribution in [2.24, 2.45) is 5.92 Å². The van der Waals surface area contributed by atoms with Crippen molar-refractivity contribution in [3.8, 4) is 0 Å². The van der Waals surface area contributed by atoms with Gasteiger partial charge in [-0.3, -0.25) is 4.79 Å². The predicted molar refractivity (Wildman–Crippen MR) is 134 cm³/mol. The number of carboxylic acid groups (broad SMARTS) is 1. The molecule has 3 N–H and O–H groups in total. The minimum atomic E-state index is -0.771. The number of rotatable bonds is 5. The van der Waals surface area contributed by atoms with Crippen LogP contribution in [0.25, 0.3) is 0 Å². The number of aliphatic carboxylic acids is 1. The first kappa shape index (κ1) is 24.9. The van der Waals surface area contributed by atoms with Crippen LogP contribution in [0.15, 0.2) is 36.4 Å². The summed E-state index contributed by atoms with van der Waals surface area (Å²) in [7, 11) is 0. The molecule has 0 spiro atoms. The molecule has 2 aromatic rings. The Morgan fingerprint density at radius 3 is 2.60 bits per heavy atom. The Morgan fingerprint density at radius 2 is 1.86 bits per heavy atom. The zero-order valence-corrected chi connectivity index (χ0v) is 20.4. The fourth-order valence-electron chi connectivity index (χ4n) is 4.73. The molecule has 2 aliphatic rings. The summed E-state index contributed by atoms with van der Waals surface area (Å²) in [6.45, 7) is 2.84. The van der Waals surface area contributed by atoms with E-state index in [1.54, 1.807) is 23.1 Å². The number of carbonyl (C=O) groups excluding carboxylic acids is 2. The van der Waals surface area contributed by atoms with Crippen LogP contribution in [0.1, 0.15) is 48.8 Å². The number of urea groups is 1. The quantitative estimate of drug-likeness (QED) is 0.480. The van der Waals surface area contributed by atoms with E-state index in [0.717, 1.165) is 29.5 Å². The molecule has 1 aliphatic heterocycles. The van der Waals surface area contributed by atoms with E-state index in [2.05, 4.69) is 10.6 Å². The van der Waals surface area contributed by atoms with Gasteiger partial charge in [-0.15, -0.1) is 0 Å². The van der Waals surface area contributed by atoms with E-state index in [1.807, 2.05) is 25.1 Å².